The molecule has 2 aromatic rings. The Hall–Kier alpha value is -2.41. The van der Waals surface area contributed by atoms with Crippen molar-refractivity contribution in [2.45, 2.75) is 19.3 Å². The number of aromatic amines is 1. The summed E-state index contributed by atoms with van der Waals surface area (Å²) < 4.78 is 0. The Morgan fingerprint density at radius 1 is 1.10 bits per heavy atom. The number of aromatic nitrogens is 1. The van der Waals surface area contributed by atoms with E-state index in [0.717, 1.165) is 18.5 Å². The maximum absolute atomic E-state index is 9.34. The van der Waals surface area contributed by atoms with Crippen LogP contribution in [-0.4, -0.2) is 23.1 Å². The third kappa shape index (κ3) is 1.60. The molecule has 4 rings (SSSR count). The van der Waals surface area contributed by atoms with Crippen molar-refractivity contribution in [1.82, 2.24) is 9.99 Å². The maximum Gasteiger partial charge on any atom is 0.0986 e. The predicted molar refractivity (Wildman–Crippen MR) is 78.8 cm³/mol. The molecule has 0 bridgehead atoms. The van der Waals surface area contributed by atoms with Crippen molar-refractivity contribution in [2.75, 3.05) is 18.1 Å². The van der Waals surface area contributed by atoms with Gasteiger partial charge in [0.25, 0.3) is 0 Å². The lowest BCUT2D eigenvalue weighted by Gasteiger charge is -2.36. The fourth-order valence-corrected chi connectivity index (χ4v) is 3.25. The average Bonchev–Trinajstić information content (AvgIpc) is 3.10. The number of nitriles is 1. The van der Waals surface area contributed by atoms with Crippen LogP contribution in [0.15, 0.2) is 41.9 Å². The first-order valence-electron chi connectivity index (χ1n) is 7.10. The minimum atomic E-state index is 0.710. The summed E-state index contributed by atoms with van der Waals surface area (Å²) in [6.45, 7) is 1.73. The molecule has 4 nitrogen and oxygen atoms in total. The maximum atomic E-state index is 9.34. The molecule has 0 saturated carbocycles. The molecule has 2 aliphatic rings. The van der Waals surface area contributed by atoms with E-state index < -0.39 is 0 Å². The van der Waals surface area contributed by atoms with Gasteiger partial charge in [-0.05, 0) is 36.8 Å². The molecule has 1 aromatic heterocycles. The second kappa shape index (κ2) is 4.31. The van der Waals surface area contributed by atoms with Gasteiger partial charge in [-0.25, -0.2) is 0 Å². The standard InChI is InChI=1S/C16H16N4/c17-8-14-11-20(19-6-2-1-3-16(14)19)15-5-4-12-9-18-10-13(12)7-15/h4-5,7,9-10,18H,1-3,6,11H2. The van der Waals surface area contributed by atoms with Gasteiger partial charge in [0.15, 0.2) is 0 Å². The van der Waals surface area contributed by atoms with Gasteiger partial charge in [0.1, 0.15) is 0 Å². The highest BCUT2D eigenvalue weighted by Gasteiger charge is 2.31. The lowest BCUT2D eigenvalue weighted by atomic mass is 10.1. The van der Waals surface area contributed by atoms with Crippen LogP contribution in [0.4, 0.5) is 5.69 Å². The molecule has 100 valence electrons. The third-order valence-corrected chi connectivity index (χ3v) is 4.27. The molecule has 3 heterocycles. The van der Waals surface area contributed by atoms with E-state index in [2.05, 4.69) is 39.3 Å². The van der Waals surface area contributed by atoms with Crippen molar-refractivity contribution >= 4 is 16.5 Å². The number of H-pyrrole nitrogens is 1. The third-order valence-electron chi connectivity index (χ3n) is 4.27. The number of benzene rings is 1. The molecule has 0 unspecified atom stereocenters. The fourth-order valence-electron chi connectivity index (χ4n) is 3.25. The van der Waals surface area contributed by atoms with Crippen LogP contribution < -0.4 is 5.01 Å². The second-order valence-electron chi connectivity index (χ2n) is 5.44. The Bertz CT molecular complexity index is 734. The topological polar surface area (TPSA) is 46.1 Å². The molecular formula is C16H16N4. The largest absolute Gasteiger partial charge is 0.366 e. The summed E-state index contributed by atoms with van der Waals surface area (Å²) in [7, 11) is 0. The van der Waals surface area contributed by atoms with Crippen molar-refractivity contribution in [3.8, 4) is 6.07 Å². The molecule has 1 N–H and O–H groups in total. The Kier molecular flexibility index (Phi) is 2.46. The quantitative estimate of drug-likeness (QED) is 0.860. The van der Waals surface area contributed by atoms with E-state index in [4.69, 9.17) is 0 Å². The minimum absolute atomic E-state index is 0.710. The van der Waals surface area contributed by atoms with E-state index >= 15 is 0 Å². The number of fused-ring (bicyclic) bond motifs is 2. The van der Waals surface area contributed by atoms with Crippen LogP contribution >= 0.6 is 0 Å². The molecule has 1 saturated heterocycles. The number of hydrazine groups is 1. The fraction of sp³-hybridized carbons (Fsp3) is 0.312. The highest BCUT2D eigenvalue weighted by atomic mass is 15.6. The normalized spacial score (nSPS) is 18.6. The van der Waals surface area contributed by atoms with Gasteiger partial charge >= 0.3 is 0 Å². The summed E-state index contributed by atoms with van der Waals surface area (Å²) in [4.78, 5) is 3.14. The van der Waals surface area contributed by atoms with Crippen molar-refractivity contribution < 1.29 is 0 Å². The highest BCUT2D eigenvalue weighted by molar-refractivity contribution is 5.85. The smallest absolute Gasteiger partial charge is 0.0986 e. The molecule has 4 heteroatoms. The van der Waals surface area contributed by atoms with Gasteiger partial charge in [-0.1, -0.05) is 6.07 Å². The van der Waals surface area contributed by atoms with Crippen molar-refractivity contribution in [3.05, 3.63) is 41.9 Å². The second-order valence-corrected chi connectivity index (χ2v) is 5.44. The Morgan fingerprint density at radius 3 is 2.90 bits per heavy atom. The molecule has 0 spiro atoms. The summed E-state index contributed by atoms with van der Waals surface area (Å²) in [5.41, 5.74) is 3.33. The van der Waals surface area contributed by atoms with Gasteiger partial charge in [-0.2, -0.15) is 5.26 Å². The summed E-state index contributed by atoms with van der Waals surface area (Å²) in [6, 6.07) is 8.85. The number of allylic oxidation sites excluding steroid dienone is 1. The molecule has 20 heavy (non-hydrogen) atoms. The van der Waals surface area contributed by atoms with Crippen LogP contribution in [0.1, 0.15) is 19.3 Å². The SMILES string of the molecule is N#CC1=C2CCCCN2N(c2ccc3c[nH]cc3c2)C1. The molecule has 0 radical (unpaired) electrons. The number of rotatable bonds is 1. The van der Waals surface area contributed by atoms with E-state index in [-0.39, 0.29) is 0 Å². The zero-order valence-corrected chi connectivity index (χ0v) is 11.3. The van der Waals surface area contributed by atoms with E-state index in [1.165, 1.54) is 35.0 Å². The van der Waals surface area contributed by atoms with Crippen LogP contribution in [0.25, 0.3) is 10.8 Å². The zero-order chi connectivity index (χ0) is 13.5. The van der Waals surface area contributed by atoms with Gasteiger partial charge in [0, 0.05) is 24.3 Å². The predicted octanol–water partition coefficient (Wildman–Crippen LogP) is 3.17. The molecule has 0 aliphatic carbocycles. The number of piperidine rings is 1. The van der Waals surface area contributed by atoms with E-state index in [9.17, 15) is 5.26 Å². The van der Waals surface area contributed by atoms with Gasteiger partial charge in [0.2, 0.25) is 0 Å². The number of hydrogen-bond acceptors (Lipinski definition) is 3. The lowest BCUT2D eigenvalue weighted by molar-refractivity contribution is 0.294. The molecule has 1 fully saturated rings. The number of anilines is 1. The first kappa shape index (κ1) is 11.4. The van der Waals surface area contributed by atoms with E-state index in [1.807, 2.05) is 12.4 Å². The lowest BCUT2D eigenvalue weighted by Crippen LogP contribution is -2.39. The van der Waals surface area contributed by atoms with Crippen molar-refractivity contribution in [1.29, 1.82) is 5.26 Å². The van der Waals surface area contributed by atoms with Gasteiger partial charge < -0.3 is 4.98 Å². The van der Waals surface area contributed by atoms with Crippen molar-refractivity contribution in [3.63, 3.8) is 0 Å². The first-order chi connectivity index (χ1) is 9.86. The van der Waals surface area contributed by atoms with Crippen molar-refractivity contribution in [2.24, 2.45) is 0 Å². The first-order valence-corrected chi connectivity index (χ1v) is 7.10. The Morgan fingerprint density at radius 2 is 2.00 bits per heavy atom. The summed E-state index contributed by atoms with van der Waals surface area (Å²) in [6.07, 6.45) is 7.46. The molecule has 1 aromatic carbocycles. The highest BCUT2D eigenvalue weighted by Crippen LogP contribution is 2.35. The number of nitrogens with one attached hydrogen (secondary N) is 1. The van der Waals surface area contributed by atoms with Gasteiger partial charge in [0.05, 0.1) is 29.6 Å². The Balaban J connectivity index is 1.74. The summed E-state index contributed by atoms with van der Waals surface area (Å²) >= 11 is 0. The number of hydrogen-bond donors (Lipinski definition) is 1. The van der Waals surface area contributed by atoms with E-state index in [0.29, 0.717) is 6.54 Å². The van der Waals surface area contributed by atoms with Crippen LogP contribution in [-0.2, 0) is 0 Å². The van der Waals surface area contributed by atoms with Gasteiger partial charge in [-0.15, -0.1) is 0 Å². The minimum Gasteiger partial charge on any atom is -0.366 e. The van der Waals surface area contributed by atoms with E-state index in [1.54, 1.807) is 0 Å². The Labute approximate surface area is 117 Å². The van der Waals surface area contributed by atoms with Crippen LogP contribution in [0.2, 0.25) is 0 Å². The molecular weight excluding hydrogens is 248 g/mol. The average molecular weight is 264 g/mol. The molecule has 2 aliphatic heterocycles. The number of nitrogens with zero attached hydrogens (tertiary/aromatic N) is 3. The molecule has 0 amide bonds. The van der Waals surface area contributed by atoms with Crippen LogP contribution in [0.3, 0.4) is 0 Å². The zero-order valence-electron chi connectivity index (χ0n) is 11.3. The van der Waals surface area contributed by atoms with Crippen LogP contribution in [0, 0.1) is 11.3 Å². The van der Waals surface area contributed by atoms with Crippen LogP contribution in [0.5, 0.6) is 0 Å². The monoisotopic (exact) mass is 264 g/mol. The van der Waals surface area contributed by atoms with Gasteiger partial charge in [-0.3, -0.25) is 10.0 Å². The summed E-state index contributed by atoms with van der Waals surface area (Å²) in [5, 5.41) is 16.3. The summed E-state index contributed by atoms with van der Waals surface area (Å²) in [5.74, 6) is 0. The molecule has 0 atom stereocenters.